The maximum atomic E-state index is 13.1. The van der Waals surface area contributed by atoms with Crippen LogP contribution in [0.15, 0.2) is 66.7 Å². The summed E-state index contributed by atoms with van der Waals surface area (Å²) in [5.41, 5.74) is 3.73. The largest absolute Gasteiger partial charge is 0.497 e. The number of aryl methyl sites for hydroxylation is 2. The Morgan fingerprint density at radius 3 is 2.30 bits per heavy atom. The lowest BCUT2D eigenvalue weighted by molar-refractivity contribution is -0.144. The highest BCUT2D eigenvalue weighted by Crippen LogP contribution is 2.31. The Morgan fingerprint density at radius 1 is 0.875 bits per heavy atom. The minimum atomic E-state index is -0.715. The molecule has 7 nitrogen and oxygen atoms in total. The molecule has 0 atom stereocenters. The summed E-state index contributed by atoms with van der Waals surface area (Å²) in [6.07, 6.45) is 1.30. The maximum Gasteiger partial charge on any atom is 0.340 e. The van der Waals surface area contributed by atoms with E-state index in [9.17, 15) is 9.59 Å². The van der Waals surface area contributed by atoms with Gasteiger partial charge in [-0.05, 0) is 106 Å². The summed E-state index contributed by atoms with van der Waals surface area (Å²) in [6.45, 7) is 8.29. The van der Waals surface area contributed by atoms with Crippen LogP contribution >= 0.6 is 0 Å². The van der Waals surface area contributed by atoms with Crippen LogP contribution < -0.4 is 14.2 Å². The number of aromatic nitrogens is 1. The third-order valence-electron chi connectivity index (χ3n) is 6.87. The molecular weight excluding hydrogens is 506 g/mol. The molecule has 0 unspecified atom stereocenters. The molecule has 7 heteroatoms. The molecule has 0 bridgehead atoms. The first-order valence-corrected chi connectivity index (χ1v) is 13.2. The number of methoxy groups -OCH3 is 2. The molecule has 0 amide bonds. The molecule has 40 heavy (non-hydrogen) atoms. The van der Waals surface area contributed by atoms with E-state index in [2.05, 4.69) is 6.07 Å². The fraction of sp³-hybridized carbons (Fsp3) is 0.303. The van der Waals surface area contributed by atoms with E-state index in [1.165, 1.54) is 7.11 Å². The lowest BCUT2D eigenvalue weighted by Gasteiger charge is -2.22. The molecule has 4 rings (SSSR count). The number of benzene rings is 3. The molecule has 4 aromatic rings. The van der Waals surface area contributed by atoms with E-state index in [-0.39, 0.29) is 5.97 Å². The fourth-order valence-corrected chi connectivity index (χ4v) is 4.36. The van der Waals surface area contributed by atoms with E-state index in [4.69, 9.17) is 23.9 Å². The molecule has 0 radical (unpaired) electrons. The van der Waals surface area contributed by atoms with Gasteiger partial charge < -0.3 is 18.9 Å². The summed E-state index contributed by atoms with van der Waals surface area (Å²) in [6, 6.07) is 20.3. The van der Waals surface area contributed by atoms with Crippen molar-refractivity contribution in [3.05, 3.63) is 83.4 Å². The van der Waals surface area contributed by atoms with Crippen molar-refractivity contribution in [3.8, 4) is 28.5 Å². The zero-order valence-corrected chi connectivity index (χ0v) is 23.9. The van der Waals surface area contributed by atoms with E-state index in [0.717, 1.165) is 22.4 Å². The summed E-state index contributed by atoms with van der Waals surface area (Å²) in [7, 11) is 2.92. The SMILES string of the molecule is COC(=O)c1cc2cc(OC(=O)C(C)(C)CCCOc3cc(C)ccc3C)ccc2nc1-c1ccc(OC)cc1. The first-order valence-electron chi connectivity index (χ1n) is 13.2. The number of carbonyl (C=O) groups excluding carboxylic acids is 2. The summed E-state index contributed by atoms with van der Waals surface area (Å²) in [4.78, 5) is 30.4. The maximum absolute atomic E-state index is 13.1. The van der Waals surface area contributed by atoms with Crippen molar-refractivity contribution in [2.24, 2.45) is 5.41 Å². The van der Waals surface area contributed by atoms with Gasteiger partial charge in [0, 0.05) is 10.9 Å². The van der Waals surface area contributed by atoms with Crippen LogP contribution in [-0.4, -0.2) is 37.7 Å². The average molecular weight is 542 g/mol. The van der Waals surface area contributed by atoms with Gasteiger partial charge in [-0.15, -0.1) is 0 Å². The molecule has 0 saturated carbocycles. The molecule has 1 aromatic heterocycles. The number of nitrogens with zero attached hydrogens (tertiary/aromatic N) is 1. The van der Waals surface area contributed by atoms with Gasteiger partial charge in [0.2, 0.25) is 0 Å². The molecule has 208 valence electrons. The van der Waals surface area contributed by atoms with Crippen LogP contribution in [0.4, 0.5) is 0 Å². The number of hydrogen-bond acceptors (Lipinski definition) is 7. The number of ether oxygens (including phenoxy) is 4. The van der Waals surface area contributed by atoms with E-state index < -0.39 is 11.4 Å². The van der Waals surface area contributed by atoms with Crippen molar-refractivity contribution >= 4 is 22.8 Å². The Morgan fingerprint density at radius 2 is 1.60 bits per heavy atom. The Labute approximate surface area is 235 Å². The van der Waals surface area contributed by atoms with Crippen LogP contribution in [0.2, 0.25) is 0 Å². The van der Waals surface area contributed by atoms with Gasteiger partial charge in [0.1, 0.15) is 17.2 Å². The molecule has 0 spiro atoms. The summed E-state index contributed by atoms with van der Waals surface area (Å²) >= 11 is 0. The highest BCUT2D eigenvalue weighted by molar-refractivity contribution is 6.00. The number of hydrogen-bond donors (Lipinski definition) is 0. The van der Waals surface area contributed by atoms with Crippen LogP contribution in [0.1, 0.15) is 48.2 Å². The van der Waals surface area contributed by atoms with Crippen molar-refractivity contribution in [1.29, 1.82) is 0 Å². The third-order valence-corrected chi connectivity index (χ3v) is 6.87. The molecule has 1 heterocycles. The lowest BCUT2D eigenvalue weighted by atomic mass is 9.88. The van der Waals surface area contributed by atoms with Crippen LogP contribution in [0.3, 0.4) is 0 Å². The van der Waals surface area contributed by atoms with Crippen molar-refractivity contribution < 1.29 is 28.5 Å². The first-order chi connectivity index (χ1) is 19.1. The minimum Gasteiger partial charge on any atom is -0.497 e. The average Bonchev–Trinajstić information content (AvgIpc) is 2.95. The van der Waals surface area contributed by atoms with Gasteiger partial charge in [-0.3, -0.25) is 4.79 Å². The summed E-state index contributed by atoms with van der Waals surface area (Å²) in [5, 5.41) is 0.655. The molecule has 0 N–H and O–H groups in total. The van der Waals surface area contributed by atoms with Crippen molar-refractivity contribution in [2.45, 2.75) is 40.5 Å². The van der Waals surface area contributed by atoms with Gasteiger partial charge in [0.25, 0.3) is 0 Å². The predicted octanol–water partition coefficient (Wildman–Crippen LogP) is 7.10. The normalized spacial score (nSPS) is 11.2. The quantitative estimate of drug-likeness (QED) is 0.120. The van der Waals surface area contributed by atoms with E-state index in [1.54, 1.807) is 31.4 Å². The summed E-state index contributed by atoms with van der Waals surface area (Å²) < 4.78 is 22.0. The number of pyridine rings is 1. The monoisotopic (exact) mass is 541 g/mol. The first kappa shape index (κ1) is 28.6. The second-order valence-corrected chi connectivity index (χ2v) is 10.5. The second-order valence-electron chi connectivity index (χ2n) is 10.5. The molecule has 3 aromatic carbocycles. The molecule has 0 aliphatic rings. The van der Waals surface area contributed by atoms with Gasteiger partial charge in [-0.1, -0.05) is 12.1 Å². The zero-order valence-electron chi connectivity index (χ0n) is 23.9. The number of carbonyl (C=O) groups is 2. The third kappa shape index (κ3) is 6.60. The van der Waals surface area contributed by atoms with Gasteiger partial charge >= 0.3 is 11.9 Å². The molecular formula is C33H35NO6. The zero-order chi connectivity index (χ0) is 28.9. The Hall–Kier alpha value is -4.39. The van der Waals surface area contributed by atoms with Crippen LogP contribution in [0.5, 0.6) is 17.2 Å². The van der Waals surface area contributed by atoms with Gasteiger partial charge in [0.15, 0.2) is 0 Å². The number of esters is 2. The number of fused-ring (bicyclic) bond motifs is 1. The van der Waals surface area contributed by atoms with Crippen LogP contribution in [0, 0.1) is 19.3 Å². The lowest BCUT2D eigenvalue weighted by Crippen LogP contribution is -2.29. The topological polar surface area (TPSA) is 84.0 Å². The minimum absolute atomic E-state index is 0.313. The highest BCUT2D eigenvalue weighted by Gasteiger charge is 2.29. The van der Waals surface area contributed by atoms with E-state index in [1.807, 2.05) is 64.1 Å². The Kier molecular flexibility index (Phi) is 8.73. The van der Waals surface area contributed by atoms with Crippen LogP contribution in [0.25, 0.3) is 22.2 Å². The van der Waals surface area contributed by atoms with Crippen molar-refractivity contribution in [3.63, 3.8) is 0 Å². The standard InChI is InChI=1S/C33H35NO6/c1-21-8-9-22(2)29(18-21)39-17-7-16-33(3,4)32(36)40-26-14-15-28-24(19-26)20-27(31(35)38-6)30(34-28)23-10-12-25(37-5)13-11-23/h8-15,18-20H,7,16-17H2,1-6H3. The van der Waals surface area contributed by atoms with Gasteiger partial charge in [0.05, 0.1) is 43.0 Å². The van der Waals surface area contributed by atoms with E-state index >= 15 is 0 Å². The summed E-state index contributed by atoms with van der Waals surface area (Å²) in [5.74, 6) is 1.10. The van der Waals surface area contributed by atoms with Crippen molar-refractivity contribution in [1.82, 2.24) is 4.98 Å². The highest BCUT2D eigenvalue weighted by atomic mass is 16.5. The number of rotatable bonds is 10. The molecule has 0 aliphatic carbocycles. The fourth-order valence-electron chi connectivity index (χ4n) is 4.36. The molecule has 0 aliphatic heterocycles. The second kappa shape index (κ2) is 12.2. The Balaban J connectivity index is 1.48. The molecule has 0 saturated heterocycles. The van der Waals surface area contributed by atoms with Gasteiger partial charge in [-0.2, -0.15) is 0 Å². The smallest absolute Gasteiger partial charge is 0.340 e. The van der Waals surface area contributed by atoms with E-state index in [0.29, 0.717) is 53.1 Å². The predicted molar refractivity (Wildman–Crippen MR) is 155 cm³/mol. The van der Waals surface area contributed by atoms with Crippen molar-refractivity contribution in [2.75, 3.05) is 20.8 Å². The van der Waals surface area contributed by atoms with Gasteiger partial charge in [-0.25, -0.2) is 9.78 Å². The molecule has 0 fully saturated rings. The van der Waals surface area contributed by atoms with Crippen LogP contribution in [-0.2, 0) is 9.53 Å². The Bertz CT molecular complexity index is 1520.